The van der Waals surface area contributed by atoms with E-state index in [9.17, 15) is 10.1 Å². The first-order valence-electron chi connectivity index (χ1n) is 5.90. The summed E-state index contributed by atoms with van der Waals surface area (Å²) >= 11 is 0. The van der Waals surface area contributed by atoms with Gasteiger partial charge in [0.05, 0.1) is 4.92 Å². The first-order chi connectivity index (χ1) is 8.70. The SMILES string of the molecule is CCCCCCNc1ncnc(NN)c1[N+](=O)[O-]. The van der Waals surface area contributed by atoms with Crippen LogP contribution in [0.5, 0.6) is 0 Å². The van der Waals surface area contributed by atoms with Gasteiger partial charge in [-0.15, -0.1) is 0 Å². The average Bonchev–Trinajstić information content (AvgIpc) is 2.37. The second-order valence-electron chi connectivity index (χ2n) is 3.81. The maximum Gasteiger partial charge on any atom is 0.354 e. The molecule has 100 valence electrons. The molecule has 0 aromatic carbocycles. The fourth-order valence-corrected chi connectivity index (χ4v) is 1.55. The lowest BCUT2D eigenvalue weighted by atomic mass is 10.2. The Hall–Kier alpha value is -1.96. The topological polar surface area (TPSA) is 119 Å². The van der Waals surface area contributed by atoms with Crippen molar-refractivity contribution in [3.63, 3.8) is 0 Å². The zero-order chi connectivity index (χ0) is 13.4. The van der Waals surface area contributed by atoms with Crippen LogP contribution in [0, 0.1) is 10.1 Å². The van der Waals surface area contributed by atoms with Crippen LogP contribution < -0.4 is 16.6 Å². The van der Waals surface area contributed by atoms with Crippen molar-refractivity contribution >= 4 is 17.3 Å². The standard InChI is InChI=1S/C10H18N6O2/c1-2-3-4-5-6-12-9-8(16(17)18)10(15-11)14-7-13-9/h7H,2-6,11H2,1H3,(H2,12,13,14,15). The molecule has 1 aromatic rings. The van der Waals surface area contributed by atoms with Crippen molar-refractivity contribution in [1.82, 2.24) is 9.97 Å². The van der Waals surface area contributed by atoms with Crippen molar-refractivity contribution in [3.8, 4) is 0 Å². The second kappa shape index (κ2) is 7.38. The summed E-state index contributed by atoms with van der Waals surface area (Å²) in [5.41, 5.74) is 1.97. The highest BCUT2D eigenvalue weighted by atomic mass is 16.6. The molecule has 0 fully saturated rings. The van der Waals surface area contributed by atoms with Gasteiger partial charge in [-0.3, -0.25) is 10.1 Å². The molecule has 0 saturated heterocycles. The maximum absolute atomic E-state index is 10.9. The van der Waals surface area contributed by atoms with Gasteiger partial charge in [0.1, 0.15) is 6.33 Å². The Labute approximate surface area is 105 Å². The van der Waals surface area contributed by atoms with Gasteiger partial charge in [0.25, 0.3) is 0 Å². The fourth-order valence-electron chi connectivity index (χ4n) is 1.55. The summed E-state index contributed by atoms with van der Waals surface area (Å²) in [7, 11) is 0. The number of nitrogens with two attached hydrogens (primary N) is 1. The van der Waals surface area contributed by atoms with Crippen molar-refractivity contribution in [2.24, 2.45) is 5.84 Å². The van der Waals surface area contributed by atoms with E-state index in [1.165, 1.54) is 6.33 Å². The molecule has 1 rings (SSSR count). The van der Waals surface area contributed by atoms with Gasteiger partial charge in [0.15, 0.2) is 0 Å². The number of nitro groups is 1. The van der Waals surface area contributed by atoms with Gasteiger partial charge in [-0.2, -0.15) is 0 Å². The quantitative estimate of drug-likeness (QED) is 0.279. The molecule has 0 saturated carbocycles. The van der Waals surface area contributed by atoms with Crippen molar-refractivity contribution in [2.45, 2.75) is 32.6 Å². The first-order valence-corrected chi connectivity index (χ1v) is 5.90. The van der Waals surface area contributed by atoms with Gasteiger partial charge >= 0.3 is 5.69 Å². The average molecular weight is 254 g/mol. The monoisotopic (exact) mass is 254 g/mol. The number of aromatic nitrogens is 2. The number of nitrogens with one attached hydrogen (secondary N) is 2. The third-order valence-electron chi connectivity index (χ3n) is 2.46. The molecule has 0 aliphatic carbocycles. The second-order valence-corrected chi connectivity index (χ2v) is 3.81. The van der Waals surface area contributed by atoms with E-state index in [0.717, 1.165) is 25.7 Å². The lowest BCUT2D eigenvalue weighted by Crippen LogP contribution is -2.14. The van der Waals surface area contributed by atoms with Gasteiger partial charge in [-0.25, -0.2) is 15.8 Å². The van der Waals surface area contributed by atoms with Gasteiger partial charge in [0.2, 0.25) is 11.6 Å². The van der Waals surface area contributed by atoms with E-state index in [1.54, 1.807) is 0 Å². The molecule has 0 aliphatic rings. The van der Waals surface area contributed by atoms with Crippen LogP contribution in [0.2, 0.25) is 0 Å². The molecule has 4 N–H and O–H groups in total. The summed E-state index contributed by atoms with van der Waals surface area (Å²) in [4.78, 5) is 17.9. The highest BCUT2D eigenvalue weighted by molar-refractivity contribution is 5.68. The van der Waals surface area contributed by atoms with Crippen molar-refractivity contribution in [1.29, 1.82) is 0 Å². The molecule has 0 bridgehead atoms. The Bertz CT molecular complexity index is 398. The summed E-state index contributed by atoms with van der Waals surface area (Å²) in [5.74, 6) is 5.38. The van der Waals surface area contributed by atoms with E-state index in [1.807, 2.05) is 0 Å². The molecule has 8 nitrogen and oxygen atoms in total. The molecule has 1 aromatic heterocycles. The molecule has 0 atom stereocenters. The number of anilines is 2. The van der Waals surface area contributed by atoms with Crippen molar-refractivity contribution in [3.05, 3.63) is 16.4 Å². The van der Waals surface area contributed by atoms with Crippen LogP contribution in [0.3, 0.4) is 0 Å². The van der Waals surface area contributed by atoms with E-state index < -0.39 is 4.92 Å². The van der Waals surface area contributed by atoms with Crippen LogP contribution in [-0.2, 0) is 0 Å². The predicted octanol–water partition coefficient (Wildman–Crippen LogP) is 1.66. The molecule has 18 heavy (non-hydrogen) atoms. The third-order valence-corrected chi connectivity index (χ3v) is 2.46. The van der Waals surface area contributed by atoms with E-state index in [4.69, 9.17) is 5.84 Å². The number of unbranched alkanes of at least 4 members (excludes halogenated alkanes) is 3. The molecular formula is C10H18N6O2. The lowest BCUT2D eigenvalue weighted by molar-refractivity contribution is -0.383. The highest BCUT2D eigenvalue weighted by Gasteiger charge is 2.21. The van der Waals surface area contributed by atoms with Crippen LogP contribution in [0.25, 0.3) is 0 Å². The van der Waals surface area contributed by atoms with Crippen LogP contribution in [-0.4, -0.2) is 21.4 Å². The minimum absolute atomic E-state index is 0.00561. The Kier molecular flexibility index (Phi) is 5.78. The minimum Gasteiger partial charge on any atom is -0.364 e. The number of rotatable bonds is 8. The Balaban J connectivity index is 2.67. The summed E-state index contributed by atoms with van der Waals surface area (Å²) in [6.45, 7) is 2.77. The summed E-state index contributed by atoms with van der Waals surface area (Å²) in [6, 6.07) is 0. The molecule has 0 aliphatic heterocycles. The Morgan fingerprint density at radius 3 is 2.67 bits per heavy atom. The van der Waals surface area contributed by atoms with Crippen molar-refractivity contribution in [2.75, 3.05) is 17.3 Å². The molecule has 0 amide bonds. The predicted molar refractivity (Wildman–Crippen MR) is 69.1 cm³/mol. The normalized spacial score (nSPS) is 10.1. The largest absolute Gasteiger partial charge is 0.364 e. The summed E-state index contributed by atoms with van der Waals surface area (Å²) in [6.07, 6.45) is 5.57. The van der Waals surface area contributed by atoms with Gasteiger partial charge in [-0.1, -0.05) is 26.2 Å². The summed E-state index contributed by atoms with van der Waals surface area (Å²) < 4.78 is 0. The van der Waals surface area contributed by atoms with E-state index in [2.05, 4.69) is 27.6 Å². The Morgan fingerprint density at radius 1 is 1.33 bits per heavy atom. The van der Waals surface area contributed by atoms with Crippen LogP contribution in [0.1, 0.15) is 32.6 Å². The van der Waals surface area contributed by atoms with Gasteiger partial charge in [-0.05, 0) is 6.42 Å². The fraction of sp³-hybridized carbons (Fsp3) is 0.600. The number of hydrogen-bond donors (Lipinski definition) is 3. The first kappa shape index (κ1) is 14.1. The zero-order valence-electron chi connectivity index (χ0n) is 10.3. The van der Waals surface area contributed by atoms with E-state index in [-0.39, 0.29) is 17.3 Å². The molecule has 0 spiro atoms. The van der Waals surface area contributed by atoms with Gasteiger partial charge < -0.3 is 10.7 Å². The molecule has 8 heteroatoms. The Morgan fingerprint density at radius 2 is 2.06 bits per heavy atom. The van der Waals surface area contributed by atoms with E-state index >= 15 is 0 Å². The van der Waals surface area contributed by atoms with E-state index in [0.29, 0.717) is 6.54 Å². The summed E-state index contributed by atoms with van der Waals surface area (Å²) in [5, 5.41) is 13.9. The molecule has 0 unspecified atom stereocenters. The van der Waals surface area contributed by atoms with Crippen molar-refractivity contribution < 1.29 is 4.92 Å². The highest BCUT2D eigenvalue weighted by Crippen LogP contribution is 2.27. The smallest absolute Gasteiger partial charge is 0.354 e. The number of nitrogens with zero attached hydrogens (tertiary/aromatic N) is 3. The lowest BCUT2D eigenvalue weighted by Gasteiger charge is -2.07. The van der Waals surface area contributed by atoms with Gasteiger partial charge in [0, 0.05) is 6.54 Å². The molecule has 0 radical (unpaired) electrons. The van der Waals surface area contributed by atoms with Crippen LogP contribution >= 0.6 is 0 Å². The minimum atomic E-state index is -0.552. The van der Waals surface area contributed by atoms with Crippen LogP contribution in [0.15, 0.2) is 6.33 Å². The third kappa shape index (κ3) is 3.81. The maximum atomic E-state index is 10.9. The number of hydrazine groups is 1. The number of nitrogen functional groups attached to an aromatic ring is 1. The number of hydrogen-bond acceptors (Lipinski definition) is 7. The van der Waals surface area contributed by atoms with Crippen LogP contribution in [0.4, 0.5) is 17.3 Å². The molecular weight excluding hydrogens is 236 g/mol. The zero-order valence-corrected chi connectivity index (χ0v) is 10.3. The molecule has 1 heterocycles.